The molecule has 0 aliphatic heterocycles. The molecule has 2 nitrogen and oxygen atoms in total. The van der Waals surface area contributed by atoms with E-state index in [0.29, 0.717) is 0 Å². The lowest BCUT2D eigenvalue weighted by Gasteiger charge is -2.38. The van der Waals surface area contributed by atoms with Gasteiger partial charge in [-0.2, -0.15) is 0 Å². The minimum Gasteiger partial charge on any atom is -0.326 e. The van der Waals surface area contributed by atoms with E-state index in [2.05, 4.69) is 21.2 Å². The molecule has 3 heteroatoms. The molecule has 0 saturated heterocycles. The molecule has 0 radical (unpaired) electrons. The molecule has 2 aliphatic rings. The van der Waals surface area contributed by atoms with E-state index in [1.807, 2.05) is 25.1 Å². The summed E-state index contributed by atoms with van der Waals surface area (Å²) < 4.78 is 1.05. The summed E-state index contributed by atoms with van der Waals surface area (Å²) in [6, 6.07) is 5.98. The van der Waals surface area contributed by atoms with E-state index in [0.717, 1.165) is 40.4 Å². The number of rotatable bonds is 2. The number of amides is 1. The Morgan fingerprint density at radius 1 is 1.14 bits per heavy atom. The molecule has 3 rings (SSSR count). The number of anilines is 1. The number of hydrogen-bond acceptors (Lipinski definition) is 1. The van der Waals surface area contributed by atoms with Crippen LogP contribution in [-0.4, -0.2) is 5.91 Å². The normalized spacial score (nSPS) is 28.8. The first-order valence-corrected chi connectivity index (χ1v) is 9.00. The van der Waals surface area contributed by atoms with E-state index in [1.165, 1.54) is 32.1 Å². The van der Waals surface area contributed by atoms with Gasteiger partial charge in [-0.05, 0) is 55.7 Å². The maximum atomic E-state index is 12.6. The first-order valence-electron chi connectivity index (χ1n) is 8.21. The molecule has 21 heavy (non-hydrogen) atoms. The molecule has 0 aromatic heterocycles. The van der Waals surface area contributed by atoms with Crippen molar-refractivity contribution in [2.24, 2.45) is 17.8 Å². The second-order valence-electron chi connectivity index (χ2n) is 6.72. The average Bonchev–Trinajstić information content (AvgIpc) is 2.51. The summed E-state index contributed by atoms with van der Waals surface area (Å²) in [6.45, 7) is 2.04. The average molecular weight is 350 g/mol. The maximum absolute atomic E-state index is 12.6. The lowest BCUT2D eigenvalue weighted by Crippen LogP contribution is -2.34. The number of carbonyl (C=O) groups is 1. The van der Waals surface area contributed by atoms with E-state index < -0.39 is 0 Å². The molecule has 0 spiro atoms. The highest BCUT2D eigenvalue weighted by molar-refractivity contribution is 9.10. The van der Waals surface area contributed by atoms with Gasteiger partial charge < -0.3 is 5.32 Å². The summed E-state index contributed by atoms with van der Waals surface area (Å²) in [6.07, 6.45) is 8.91. The van der Waals surface area contributed by atoms with Crippen LogP contribution < -0.4 is 5.32 Å². The third kappa shape index (κ3) is 3.33. The fraction of sp³-hybridized carbons (Fsp3) is 0.611. The van der Waals surface area contributed by atoms with E-state index in [-0.39, 0.29) is 11.8 Å². The molecule has 1 aromatic rings. The van der Waals surface area contributed by atoms with Crippen molar-refractivity contribution in [1.82, 2.24) is 0 Å². The Labute approximate surface area is 135 Å². The predicted octanol–water partition coefficient (Wildman–Crippen LogP) is 5.30. The van der Waals surface area contributed by atoms with Gasteiger partial charge in [0.2, 0.25) is 5.91 Å². The summed E-state index contributed by atoms with van der Waals surface area (Å²) in [5, 5.41) is 3.15. The zero-order valence-electron chi connectivity index (χ0n) is 12.7. The summed E-state index contributed by atoms with van der Waals surface area (Å²) in [7, 11) is 0. The van der Waals surface area contributed by atoms with Crippen molar-refractivity contribution in [2.45, 2.75) is 51.9 Å². The van der Waals surface area contributed by atoms with Crippen LogP contribution in [0.15, 0.2) is 22.7 Å². The van der Waals surface area contributed by atoms with E-state index in [1.54, 1.807) is 0 Å². The molecule has 3 atom stereocenters. The van der Waals surface area contributed by atoms with Gasteiger partial charge >= 0.3 is 0 Å². The smallest absolute Gasteiger partial charge is 0.227 e. The molecule has 1 N–H and O–H groups in total. The Morgan fingerprint density at radius 2 is 1.90 bits per heavy atom. The standard InChI is InChI=1S/C18H24BrNO/c1-12-16(19)7-4-8-17(12)20-18(21)15-10-9-13-5-2-3-6-14(13)11-15/h4,7-8,13-15H,2-3,5-6,9-11H2,1H3,(H,20,21). The lowest BCUT2D eigenvalue weighted by atomic mass is 9.67. The Hall–Kier alpha value is -0.830. The fourth-order valence-corrected chi connectivity index (χ4v) is 4.46. The molecule has 2 aliphatic carbocycles. The van der Waals surface area contributed by atoms with Crippen LogP contribution in [0, 0.1) is 24.7 Å². The van der Waals surface area contributed by atoms with Crippen LogP contribution in [-0.2, 0) is 4.79 Å². The summed E-state index contributed by atoms with van der Waals surface area (Å²) >= 11 is 3.53. The third-order valence-corrected chi connectivity index (χ3v) is 6.30. The van der Waals surface area contributed by atoms with Crippen LogP contribution in [0.5, 0.6) is 0 Å². The van der Waals surface area contributed by atoms with Gasteiger partial charge in [0.25, 0.3) is 0 Å². The minimum atomic E-state index is 0.211. The largest absolute Gasteiger partial charge is 0.326 e. The monoisotopic (exact) mass is 349 g/mol. The van der Waals surface area contributed by atoms with Crippen LogP contribution in [0.1, 0.15) is 50.5 Å². The molecule has 2 fully saturated rings. The van der Waals surface area contributed by atoms with Crippen LogP contribution in [0.25, 0.3) is 0 Å². The van der Waals surface area contributed by atoms with Gasteiger partial charge in [0.1, 0.15) is 0 Å². The number of halogens is 1. The number of carbonyl (C=O) groups excluding carboxylic acids is 1. The quantitative estimate of drug-likeness (QED) is 0.770. The van der Waals surface area contributed by atoms with Gasteiger partial charge in [-0.1, -0.05) is 47.7 Å². The van der Waals surface area contributed by atoms with E-state index >= 15 is 0 Å². The fourth-order valence-electron chi connectivity index (χ4n) is 4.09. The van der Waals surface area contributed by atoms with Crippen molar-refractivity contribution in [3.63, 3.8) is 0 Å². The number of nitrogens with one attached hydrogen (secondary N) is 1. The van der Waals surface area contributed by atoms with Gasteiger partial charge in [-0.25, -0.2) is 0 Å². The van der Waals surface area contributed by atoms with Crippen LogP contribution in [0.2, 0.25) is 0 Å². The summed E-state index contributed by atoms with van der Waals surface area (Å²) in [5.41, 5.74) is 2.05. The van der Waals surface area contributed by atoms with Crippen molar-refractivity contribution in [3.05, 3.63) is 28.2 Å². The van der Waals surface area contributed by atoms with Crippen molar-refractivity contribution in [1.29, 1.82) is 0 Å². The highest BCUT2D eigenvalue weighted by atomic mass is 79.9. The molecular formula is C18H24BrNO. The van der Waals surface area contributed by atoms with Gasteiger partial charge in [0.15, 0.2) is 0 Å². The van der Waals surface area contributed by atoms with Gasteiger partial charge in [0.05, 0.1) is 0 Å². The lowest BCUT2D eigenvalue weighted by molar-refractivity contribution is -0.122. The van der Waals surface area contributed by atoms with Crippen LogP contribution >= 0.6 is 15.9 Å². The van der Waals surface area contributed by atoms with Crippen molar-refractivity contribution in [2.75, 3.05) is 5.32 Å². The second kappa shape index (κ2) is 6.51. The second-order valence-corrected chi connectivity index (χ2v) is 7.57. The topological polar surface area (TPSA) is 29.1 Å². The maximum Gasteiger partial charge on any atom is 0.227 e. The molecule has 2 saturated carbocycles. The Bertz CT molecular complexity index is 528. The predicted molar refractivity (Wildman–Crippen MR) is 90.3 cm³/mol. The summed E-state index contributed by atoms with van der Waals surface area (Å²) in [4.78, 5) is 12.6. The van der Waals surface area contributed by atoms with Gasteiger partial charge in [-0.15, -0.1) is 0 Å². The van der Waals surface area contributed by atoms with Crippen molar-refractivity contribution >= 4 is 27.5 Å². The van der Waals surface area contributed by atoms with Crippen LogP contribution in [0.3, 0.4) is 0 Å². The minimum absolute atomic E-state index is 0.211. The highest BCUT2D eigenvalue weighted by Crippen LogP contribution is 2.43. The molecule has 0 bridgehead atoms. The highest BCUT2D eigenvalue weighted by Gasteiger charge is 2.35. The Balaban J connectivity index is 1.64. The SMILES string of the molecule is Cc1c(Br)cccc1NC(=O)C1CCC2CCCCC2C1. The summed E-state index contributed by atoms with van der Waals surface area (Å²) in [5.74, 6) is 2.13. The number of benzene rings is 1. The molecular weight excluding hydrogens is 326 g/mol. The van der Waals surface area contributed by atoms with Crippen molar-refractivity contribution in [3.8, 4) is 0 Å². The molecule has 0 heterocycles. The number of fused-ring (bicyclic) bond motifs is 1. The first kappa shape index (κ1) is 15.1. The number of hydrogen-bond donors (Lipinski definition) is 1. The first-order chi connectivity index (χ1) is 10.1. The van der Waals surface area contributed by atoms with E-state index in [4.69, 9.17) is 0 Å². The van der Waals surface area contributed by atoms with Crippen LogP contribution in [0.4, 0.5) is 5.69 Å². The van der Waals surface area contributed by atoms with Gasteiger partial charge in [0, 0.05) is 16.1 Å². The Kier molecular flexibility index (Phi) is 4.68. The Morgan fingerprint density at radius 3 is 2.71 bits per heavy atom. The molecule has 114 valence electrons. The zero-order valence-corrected chi connectivity index (χ0v) is 14.3. The molecule has 3 unspecified atom stereocenters. The third-order valence-electron chi connectivity index (χ3n) is 5.44. The zero-order chi connectivity index (χ0) is 14.8. The van der Waals surface area contributed by atoms with Crippen molar-refractivity contribution < 1.29 is 4.79 Å². The molecule has 1 amide bonds. The van der Waals surface area contributed by atoms with E-state index in [9.17, 15) is 4.79 Å². The molecule has 1 aromatic carbocycles. The van der Waals surface area contributed by atoms with Gasteiger partial charge in [-0.3, -0.25) is 4.79 Å².